The molecule has 0 spiro atoms. The van der Waals surface area contributed by atoms with Gasteiger partial charge in [-0.25, -0.2) is 8.42 Å². The van der Waals surface area contributed by atoms with Crippen molar-refractivity contribution in [3.05, 3.63) is 40.3 Å². The van der Waals surface area contributed by atoms with Crippen molar-refractivity contribution in [2.75, 3.05) is 25.5 Å². The SMILES string of the molecule is COc1ccc(S(=O)(=O)N2CCCC2C(=O)Nc2sc3c(c2C(N)=O)CCN(C(C)=O)C3)cc1. The smallest absolute Gasteiger partial charge is 0.251 e. The highest BCUT2D eigenvalue weighted by atomic mass is 32.2. The van der Waals surface area contributed by atoms with E-state index in [4.69, 9.17) is 10.5 Å². The van der Waals surface area contributed by atoms with Crippen LogP contribution in [0, 0.1) is 0 Å². The number of ether oxygens (including phenoxy) is 1. The molecule has 2 aromatic rings. The van der Waals surface area contributed by atoms with Crippen molar-refractivity contribution in [3.63, 3.8) is 0 Å². The molecule has 12 heteroatoms. The van der Waals surface area contributed by atoms with E-state index in [0.29, 0.717) is 43.1 Å². The van der Waals surface area contributed by atoms with Crippen molar-refractivity contribution < 1.29 is 27.5 Å². The highest BCUT2D eigenvalue weighted by molar-refractivity contribution is 7.89. The van der Waals surface area contributed by atoms with Crippen LogP contribution < -0.4 is 15.8 Å². The summed E-state index contributed by atoms with van der Waals surface area (Å²) in [5.41, 5.74) is 6.59. The van der Waals surface area contributed by atoms with Gasteiger partial charge in [-0.2, -0.15) is 4.31 Å². The first-order valence-electron chi connectivity index (χ1n) is 10.8. The summed E-state index contributed by atoms with van der Waals surface area (Å²) in [5, 5.41) is 3.05. The molecule has 1 atom stereocenters. The van der Waals surface area contributed by atoms with Crippen molar-refractivity contribution in [1.29, 1.82) is 0 Å². The monoisotopic (exact) mass is 506 g/mol. The molecule has 2 aliphatic rings. The Morgan fingerprint density at radius 1 is 1.18 bits per heavy atom. The van der Waals surface area contributed by atoms with E-state index in [1.165, 1.54) is 41.8 Å². The zero-order chi connectivity index (χ0) is 24.6. The van der Waals surface area contributed by atoms with Gasteiger partial charge in [-0.15, -0.1) is 11.3 Å². The first-order valence-corrected chi connectivity index (χ1v) is 13.1. The molecule has 3 N–H and O–H groups in total. The quantitative estimate of drug-likeness (QED) is 0.609. The topological polar surface area (TPSA) is 139 Å². The van der Waals surface area contributed by atoms with Crippen LogP contribution in [-0.2, 0) is 32.6 Å². The molecule has 3 heterocycles. The summed E-state index contributed by atoms with van der Waals surface area (Å²) in [6, 6.07) is 5.08. The Bertz CT molecular complexity index is 1240. The lowest BCUT2D eigenvalue weighted by Gasteiger charge is -2.25. The molecule has 0 bridgehead atoms. The first-order chi connectivity index (χ1) is 16.1. The summed E-state index contributed by atoms with van der Waals surface area (Å²) >= 11 is 1.20. The fourth-order valence-corrected chi connectivity index (χ4v) is 7.32. The Labute approximate surface area is 201 Å². The summed E-state index contributed by atoms with van der Waals surface area (Å²) < 4.78 is 32.7. The van der Waals surface area contributed by atoms with Gasteiger partial charge in [-0.1, -0.05) is 0 Å². The largest absolute Gasteiger partial charge is 0.497 e. The maximum absolute atomic E-state index is 13.2. The molecule has 1 saturated heterocycles. The Morgan fingerprint density at radius 2 is 1.88 bits per heavy atom. The van der Waals surface area contributed by atoms with Gasteiger partial charge in [0.1, 0.15) is 16.8 Å². The lowest BCUT2D eigenvalue weighted by atomic mass is 10.0. The average molecular weight is 507 g/mol. The Hall–Kier alpha value is -2.96. The summed E-state index contributed by atoms with van der Waals surface area (Å²) in [6.07, 6.45) is 1.35. The molecule has 0 saturated carbocycles. The maximum atomic E-state index is 13.2. The normalized spacial score (nSPS) is 18.4. The van der Waals surface area contributed by atoms with Gasteiger partial charge in [0.25, 0.3) is 5.91 Å². The number of nitrogens with two attached hydrogens (primary N) is 1. The predicted octanol–water partition coefficient (Wildman–Crippen LogP) is 1.55. The van der Waals surface area contributed by atoms with Crippen LogP contribution in [0.4, 0.5) is 5.00 Å². The molecule has 0 aliphatic carbocycles. The van der Waals surface area contributed by atoms with Gasteiger partial charge in [0.15, 0.2) is 0 Å². The number of hydrogen-bond donors (Lipinski definition) is 2. The number of benzene rings is 1. The standard InChI is InChI=1S/C22H26N4O6S2/c1-13(27)25-11-9-16-18(12-25)33-22(19(16)20(23)28)24-21(29)17-4-3-10-26(17)34(30,31)15-7-5-14(32-2)6-8-15/h5-8,17H,3-4,9-12H2,1-2H3,(H2,23,28)(H,24,29). The number of carbonyl (C=O) groups is 3. The van der Waals surface area contributed by atoms with Gasteiger partial charge in [0, 0.05) is 24.9 Å². The second-order valence-electron chi connectivity index (χ2n) is 8.20. The van der Waals surface area contributed by atoms with E-state index < -0.39 is 27.9 Å². The highest BCUT2D eigenvalue weighted by Crippen LogP contribution is 2.38. The Balaban J connectivity index is 1.58. The number of sulfonamides is 1. The van der Waals surface area contributed by atoms with E-state index in [1.807, 2.05) is 0 Å². The fourth-order valence-electron chi connectivity index (χ4n) is 4.39. The molecule has 1 aromatic heterocycles. The second kappa shape index (κ2) is 9.35. The molecular formula is C22H26N4O6S2. The third kappa shape index (κ3) is 4.40. The Kier molecular flexibility index (Phi) is 6.65. The molecule has 1 fully saturated rings. The molecule has 1 unspecified atom stereocenters. The van der Waals surface area contributed by atoms with E-state index in [0.717, 1.165) is 10.4 Å². The fraction of sp³-hybridized carbons (Fsp3) is 0.409. The number of rotatable bonds is 6. The number of fused-ring (bicyclic) bond motifs is 1. The third-order valence-electron chi connectivity index (χ3n) is 6.16. The summed E-state index contributed by atoms with van der Waals surface area (Å²) in [4.78, 5) is 39.7. The van der Waals surface area contributed by atoms with E-state index in [9.17, 15) is 22.8 Å². The van der Waals surface area contributed by atoms with Crippen molar-refractivity contribution in [1.82, 2.24) is 9.21 Å². The summed E-state index contributed by atoms with van der Waals surface area (Å²) in [7, 11) is -2.42. The van der Waals surface area contributed by atoms with Crippen LogP contribution in [0.25, 0.3) is 0 Å². The molecule has 1 aromatic carbocycles. The van der Waals surface area contributed by atoms with Crippen LogP contribution in [0.3, 0.4) is 0 Å². The van der Waals surface area contributed by atoms with Gasteiger partial charge >= 0.3 is 0 Å². The number of nitrogens with zero attached hydrogens (tertiary/aromatic N) is 2. The predicted molar refractivity (Wildman–Crippen MR) is 126 cm³/mol. The van der Waals surface area contributed by atoms with Gasteiger partial charge in [0.2, 0.25) is 21.8 Å². The zero-order valence-electron chi connectivity index (χ0n) is 18.9. The number of primary amides is 1. The van der Waals surface area contributed by atoms with Crippen molar-refractivity contribution in [3.8, 4) is 5.75 Å². The number of anilines is 1. The van der Waals surface area contributed by atoms with Crippen LogP contribution in [0.1, 0.15) is 40.6 Å². The van der Waals surface area contributed by atoms with Gasteiger partial charge in [-0.3, -0.25) is 14.4 Å². The first kappa shape index (κ1) is 24.2. The zero-order valence-corrected chi connectivity index (χ0v) is 20.5. The lowest BCUT2D eigenvalue weighted by Crippen LogP contribution is -2.43. The molecular weight excluding hydrogens is 480 g/mol. The van der Waals surface area contributed by atoms with Crippen LogP contribution in [0.15, 0.2) is 29.2 Å². The van der Waals surface area contributed by atoms with Gasteiger partial charge in [0.05, 0.1) is 24.1 Å². The molecule has 0 radical (unpaired) electrons. The van der Waals surface area contributed by atoms with Crippen LogP contribution >= 0.6 is 11.3 Å². The molecule has 3 amide bonds. The molecule has 34 heavy (non-hydrogen) atoms. The lowest BCUT2D eigenvalue weighted by molar-refractivity contribution is -0.129. The van der Waals surface area contributed by atoms with E-state index in [1.54, 1.807) is 17.0 Å². The third-order valence-corrected chi connectivity index (χ3v) is 9.21. The molecule has 4 rings (SSSR count). The number of carbonyl (C=O) groups excluding carboxylic acids is 3. The van der Waals surface area contributed by atoms with Gasteiger partial charge < -0.3 is 20.7 Å². The van der Waals surface area contributed by atoms with Crippen molar-refractivity contribution in [2.24, 2.45) is 5.73 Å². The van der Waals surface area contributed by atoms with E-state index >= 15 is 0 Å². The molecule has 10 nitrogen and oxygen atoms in total. The highest BCUT2D eigenvalue weighted by Gasteiger charge is 2.40. The van der Waals surface area contributed by atoms with Gasteiger partial charge in [-0.05, 0) is 49.1 Å². The van der Waals surface area contributed by atoms with Crippen LogP contribution in [0.2, 0.25) is 0 Å². The van der Waals surface area contributed by atoms with E-state index in [2.05, 4.69) is 5.32 Å². The summed E-state index contributed by atoms with van der Waals surface area (Å²) in [6.45, 7) is 2.49. The molecule has 2 aliphatic heterocycles. The number of nitrogens with one attached hydrogen (secondary N) is 1. The minimum absolute atomic E-state index is 0.0711. The van der Waals surface area contributed by atoms with Crippen molar-refractivity contribution in [2.45, 2.75) is 43.7 Å². The van der Waals surface area contributed by atoms with E-state index in [-0.39, 0.29) is 22.9 Å². The number of hydrogen-bond acceptors (Lipinski definition) is 7. The second-order valence-corrected chi connectivity index (χ2v) is 11.2. The number of methoxy groups -OCH3 is 1. The number of amides is 3. The summed E-state index contributed by atoms with van der Waals surface area (Å²) in [5.74, 6) is -0.730. The average Bonchev–Trinajstić information content (AvgIpc) is 3.43. The van der Waals surface area contributed by atoms with Crippen molar-refractivity contribution >= 4 is 44.1 Å². The number of thiophene rings is 1. The van der Waals surface area contributed by atoms with Crippen LogP contribution in [0.5, 0.6) is 5.75 Å². The van der Waals surface area contributed by atoms with Crippen LogP contribution in [-0.4, -0.2) is 61.6 Å². The molecule has 182 valence electrons. The Morgan fingerprint density at radius 3 is 2.50 bits per heavy atom. The minimum atomic E-state index is -3.91. The minimum Gasteiger partial charge on any atom is -0.497 e. The maximum Gasteiger partial charge on any atom is 0.251 e.